The number of rotatable bonds is 6. The lowest BCUT2D eigenvalue weighted by molar-refractivity contribution is 0.172. The van der Waals surface area contributed by atoms with Gasteiger partial charge in [0.1, 0.15) is 0 Å². The highest BCUT2D eigenvalue weighted by Crippen LogP contribution is 2.26. The highest BCUT2D eigenvalue weighted by Gasteiger charge is 2.22. The molecule has 0 amide bonds. The monoisotopic (exact) mass is 326 g/mol. The van der Waals surface area contributed by atoms with Crippen LogP contribution in [0.2, 0.25) is 0 Å². The minimum atomic E-state index is -3.40. The summed E-state index contributed by atoms with van der Waals surface area (Å²) < 4.78 is 26.1. The first-order chi connectivity index (χ1) is 10.5. The second-order valence-corrected chi connectivity index (χ2v) is 7.96. The Balaban J connectivity index is 2.01. The van der Waals surface area contributed by atoms with Crippen LogP contribution in [-0.4, -0.2) is 33.2 Å². The Bertz CT molecular complexity index is 581. The summed E-state index contributed by atoms with van der Waals surface area (Å²) in [4.78, 5) is 0.296. The summed E-state index contributed by atoms with van der Waals surface area (Å²) in [7, 11) is -1.98. The molecule has 0 aromatic heterocycles. The molecule has 1 atom stereocenters. The van der Waals surface area contributed by atoms with Gasteiger partial charge in [-0.15, -0.1) is 0 Å². The van der Waals surface area contributed by atoms with Crippen LogP contribution in [-0.2, 0) is 10.0 Å². The van der Waals surface area contributed by atoms with Crippen LogP contribution in [0.4, 0.5) is 0 Å². The van der Waals surface area contributed by atoms with E-state index in [1.807, 2.05) is 6.07 Å². The zero-order valence-electron chi connectivity index (χ0n) is 13.2. The zero-order chi connectivity index (χ0) is 16.2. The molecule has 2 rings (SSSR count). The predicted octanol–water partition coefficient (Wildman–Crippen LogP) is 1.80. The highest BCUT2D eigenvalue weighted by molar-refractivity contribution is 7.89. The van der Waals surface area contributed by atoms with Gasteiger partial charge in [-0.05, 0) is 63.3 Å². The van der Waals surface area contributed by atoms with Gasteiger partial charge < -0.3 is 10.4 Å². The standard InChI is InChI=1S/C16H26N2O3S/c1-12(18-15-8-6-13(11-19)7-9-15)14-4-3-5-16(10-14)22(20,21)17-2/h3-5,10,12-13,15,17-19H,6-9,11H2,1-2H3. The number of aliphatic hydroxyl groups is 1. The van der Waals surface area contributed by atoms with E-state index in [0.717, 1.165) is 31.2 Å². The second kappa shape index (κ2) is 7.55. The van der Waals surface area contributed by atoms with Crippen molar-refractivity contribution in [3.8, 4) is 0 Å². The first-order valence-corrected chi connectivity index (χ1v) is 9.35. The van der Waals surface area contributed by atoms with E-state index < -0.39 is 10.0 Å². The minimum Gasteiger partial charge on any atom is -0.396 e. The molecule has 1 aliphatic carbocycles. The van der Waals surface area contributed by atoms with Gasteiger partial charge in [0, 0.05) is 18.7 Å². The van der Waals surface area contributed by atoms with E-state index in [-0.39, 0.29) is 12.6 Å². The van der Waals surface area contributed by atoms with Crippen molar-refractivity contribution < 1.29 is 13.5 Å². The summed E-state index contributed by atoms with van der Waals surface area (Å²) >= 11 is 0. The van der Waals surface area contributed by atoms with Gasteiger partial charge in [-0.1, -0.05) is 12.1 Å². The smallest absolute Gasteiger partial charge is 0.240 e. The molecule has 1 saturated carbocycles. The Morgan fingerprint density at radius 2 is 1.95 bits per heavy atom. The van der Waals surface area contributed by atoms with E-state index in [9.17, 15) is 13.5 Å². The minimum absolute atomic E-state index is 0.0997. The molecule has 124 valence electrons. The molecule has 6 heteroatoms. The van der Waals surface area contributed by atoms with E-state index in [1.165, 1.54) is 7.05 Å². The summed E-state index contributed by atoms with van der Waals surface area (Å²) in [6.45, 7) is 2.34. The van der Waals surface area contributed by atoms with Crippen molar-refractivity contribution in [1.29, 1.82) is 0 Å². The van der Waals surface area contributed by atoms with Crippen molar-refractivity contribution in [2.75, 3.05) is 13.7 Å². The highest BCUT2D eigenvalue weighted by atomic mass is 32.2. The Morgan fingerprint density at radius 1 is 1.27 bits per heavy atom. The third-order valence-corrected chi connectivity index (χ3v) is 5.94. The molecular weight excluding hydrogens is 300 g/mol. The quantitative estimate of drug-likeness (QED) is 0.745. The van der Waals surface area contributed by atoms with Gasteiger partial charge >= 0.3 is 0 Å². The van der Waals surface area contributed by atoms with E-state index in [4.69, 9.17) is 0 Å². The average molecular weight is 326 g/mol. The molecule has 0 bridgehead atoms. The topological polar surface area (TPSA) is 78.4 Å². The molecular formula is C16H26N2O3S. The van der Waals surface area contributed by atoms with E-state index in [2.05, 4.69) is 17.0 Å². The van der Waals surface area contributed by atoms with Gasteiger partial charge in [0.05, 0.1) is 4.90 Å². The summed E-state index contributed by atoms with van der Waals surface area (Å²) in [5, 5.41) is 12.8. The van der Waals surface area contributed by atoms with Crippen LogP contribution in [0, 0.1) is 5.92 Å². The van der Waals surface area contributed by atoms with Crippen LogP contribution in [0.3, 0.4) is 0 Å². The maximum atomic E-state index is 11.9. The van der Waals surface area contributed by atoms with Crippen LogP contribution in [0.25, 0.3) is 0 Å². The molecule has 1 aromatic carbocycles. The average Bonchev–Trinajstić information content (AvgIpc) is 2.55. The number of hydrogen-bond donors (Lipinski definition) is 3. The second-order valence-electron chi connectivity index (χ2n) is 6.07. The first kappa shape index (κ1) is 17.4. The van der Waals surface area contributed by atoms with Gasteiger partial charge in [0.25, 0.3) is 0 Å². The fourth-order valence-electron chi connectivity index (χ4n) is 3.03. The maximum absolute atomic E-state index is 11.9. The van der Waals surface area contributed by atoms with Gasteiger partial charge in [-0.2, -0.15) is 0 Å². The number of nitrogens with one attached hydrogen (secondary N) is 2. The lowest BCUT2D eigenvalue weighted by Crippen LogP contribution is -2.35. The summed E-state index contributed by atoms with van der Waals surface area (Å²) in [6.07, 6.45) is 4.22. The van der Waals surface area contributed by atoms with Gasteiger partial charge in [-0.25, -0.2) is 13.1 Å². The maximum Gasteiger partial charge on any atom is 0.240 e. The molecule has 22 heavy (non-hydrogen) atoms. The Kier molecular flexibility index (Phi) is 5.97. The third-order valence-electron chi connectivity index (χ3n) is 4.53. The molecule has 0 radical (unpaired) electrons. The molecule has 1 unspecified atom stereocenters. The van der Waals surface area contributed by atoms with Crippen LogP contribution in [0.1, 0.15) is 44.2 Å². The van der Waals surface area contributed by atoms with E-state index in [0.29, 0.717) is 16.9 Å². The van der Waals surface area contributed by atoms with E-state index >= 15 is 0 Å². The molecule has 3 N–H and O–H groups in total. The summed E-state index contributed by atoms with van der Waals surface area (Å²) in [5.74, 6) is 0.442. The van der Waals surface area contributed by atoms with Crippen molar-refractivity contribution in [1.82, 2.24) is 10.0 Å². The normalized spacial score (nSPS) is 24.1. The first-order valence-electron chi connectivity index (χ1n) is 7.86. The number of benzene rings is 1. The van der Waals surface area contributed by atoms with E-state index in [1.54, 1.807) is 18.2 Å². The summed E-state index contributed by atoms with van der Waals surface area (Å²) in [5.41, 5.74) is 0.973. The number of hydrogen-bond acceptors (Lipinski definition) is 4. The lowest BCUT2D eigenvalue weighted by Gasteiger charge is -2.30. The van der Waals surface area contributed by atoms with Crippen molar-refractivity contribution in [3.05, 3.63) is 29.8 Å². The third kappa shape index (κ3) is 4.29. The molecule has 0 aliphatic heterocycles. The lowest BCUT2D eigenvalue weighted by atomic mass is 9.86. The van der Waals surface area contributed by atoms with Crippen molar-refractivity contribution in [3.63, 3.8) is 0 Å². The van der Waals surface area contributed by atoms with Gasteiger partial charge in [0.15, 0.2) is 0 Å². The largest absolute Gasteiger partial charge is 0.396 e. The van der Waals surface area contributed by atoms with Crippen molar-refractivity contribution in [2.45, 2.75) is 49.6 Å². The fourth-order valence-corrected chi connectivity index (χ4v) is 3.82. The Morgan fingerprint density at radius 3 is 2.55 bits per heavy atom. The van der Waals surface area contributed by atoms with Crippen LogP contribution < -0.4 is 10.0 Å². The Labute approximate surface area is 133 Å². The molecule has 0 spiro atoms. The SMILES string of the molecule is CNS(=O)(=O)c1cccc(C(C)NC2CCC(CO)CC2)c1. The summed E-state index contributed by atoms with van der Waals surface area (Å²) in [6, 6.07) is 7.59. The molecule has 1 fully saturated rings. The van der Waals surface area contributed by atoms with Gasteiger partial charge in [0.2, 0.25) is 10.0 Å². The van der Waals surface area contributed by atoms with Crippen LogP contribution >= 0.6 is 0 Å². The van der Waals surface area contributed by atoms with Crippen molar-refractivity contribution in [2.24, 2.45) is 5.92 Å². The zero-order valence-corrected chi connectivity index (χ0v) is 14.1. The molecule has 0 saturated heterocycles. The van der Waals surface area contributed by atoms with Crippen LogP contribution in [0.5, 0.6) is 0 Å². The van der Waals surface area contributed by atoms with Crippen LogP contribution in [0.15, 0.2) is 29.2 Å². The van der Waals surface area contributed by atoms with Crippen molar-refractivity contribution >= 4 is 10.0 Å². The predicted molar refractivity (Wildman–Crippen MR) is 87.1 cm³/mol. The van der Waals surface area contributed by atoms with Gasteiger partial charge in [-0.3, -0.25) is 0 Å². The Hall–Kier alpha value is -0.950. The molecule has 1 aromatic rings. The molecule has 1 aliphatic rings. The molecule has 5 nitrogen and oxygen atoms in total. The molecule has 0 heterocycles. The fraction of sp³-hybridized carbons (Fsp3) is 0.625. The number of sulfonamides is 1. The number of aliphatic hydroxyl groups excluding tert-OH is 1.